The molecule has 0 amide bonds. The van der Waals surface area contributed by atoms with Gasteiger partial charge in [0.1, 0.15) is 11.5 Å². The number of aliphatic hydroxyl groups excluding tert-OH is 1. The van der Waals surface area contributed by atoms with E-state index in [-0.39, 0.29) is 12.4 Å². The summed E-state index contributed by atoms with van der Waals surface area (Å²) in [5.74, 6) is -0.367. The van der Waals surface area contributed by atoms with Crippen molar-refractivity contribution in [3.8, 4) is 6.07 Å². The molecule has 0 saturated heterocycles. The van der Waals surface area contributed by atoms with Crippen LogP contribution in [0.5, 0.6) is 0 Å². The Morgan fingerprint density at radius 2 is 2.30 bits per heavy atom. The standard InChI is InChI=1S/C13H14FN5O/c1-9-4-10(14)6-11(5-9)16-12(7-15)13-8-19(2-3-20)18-17-13/h4-6,8,12,16,20H,2-3H2,1H3. The lowest BCUT2D eigenvalue weighted by molar-refractivity contribution is 0.268. The summed E-state index contributed by atoms with van der Waals surface area (Å²) in [7, 11) is 0. The molecule has 0 bridgehead atoms. The van der Waals surface area contributed by atoms with Crippen LogP contribution >= 0.6 is 0 Å². The summed E-state index contributed by atoms with van der Waals surface area (Å²) in [5.41, 5.74) is 1.68. The van der Waals surface area contributed by atoms with E-state index in [1.807, 2.05) is 6.07 Å². The smallest absolute Gasteiger partial charge is 0.160 e. The van der Waals surface area contributed by atoms with E-state index >= 15 is 0 Å². The Kier molecular flexibility index (Phi) is 4.27. The Balaban J connectivity index is 2.17. The van der Waals surface area contributed by atoms with Crippen LogP contribution in [0.2, 0.25) is 0 Å². The number of anilines is 1. The number of aryl methyl sites for hydroxylation is 1. The number of nitrogens with one attached hydrogen (secondary N) is 1. The van der Waals surface area contributed by atoms with Gasteiger partial charge >= 0.3 is 0 Å². The third kappa shape index (κ3) is 3.30. The first-order chi connectivity index (χ1) is 9.62. The third-order valence-corrected chi connectivity index (χ3v) is 2.66. The Morgan fingerprint density at radius 1 is 1.50 bits per heavy atom. The maximum Gasteiger partial charge on any atom is 0.160 e. The molecule has 1 unspecified atom stereocenters. The number of nitrogens with zero attached hydrogens (tertiary/aromatic N) is 4. The van der Waals surface area contributed by atoms with Crippen molar-refractivity contribution >= 4 is 5.69 Å². The number of hydrogen-bond donors (Lipinski definition) is 2. The number of nitriles is 1. The molecule has 7 heteroatoms. The van der Waals surface area contributed by atoms with E-state index < -0.39 is 6.04 Å². The molecule has 20 heavy (non-hydrogen) atoms. The quantitative estimate of drug-likeness (QED) is 0.861. The lowest BCUT2D eigenvalue weighted by Crippen LogP contribution is -2.09. The van der Waals surface area contributed by atoms with Crippen molar-refractivity contribution in [1.82, 2.24) is 15.0 Å². The summed E-state index contributed by atoms with van der Waals surface area (Å²) in [4.78, 5) is 0. The predicted molar refractivity (Wildman–Crippen MR) is 70.2 cm³/mol. The molecular formula is C13H14FN5O. The van der Waals surface area contributed by atoms with Gasteiger partial charge in [-0.25, -0.2) is 9.07 Å². The molecule has 1 heterocycles. The molecule has 0 aliphatic carbocycles. The van der Waals surface area contributed by atoms with Gasteiger partial charge in [0.2, 0.25) is 0 Å². The minimum absolute atomic E-state index is 0.0590. The van der Waals surface area contributed by atoms with Crippen LogP contribution in [-0.4, -0.2) is 26.7 Å². The Hall–Kier alpha value is -2.46. The number of aromatic nitrogens is 3. The molecule has 1 atom stereocenters. The van der Waals surface area contributed by atoms with Crippen LogP contribution in [-0.2, 0) is 6.54 Å². The van der Waals surface area contributed by atoms with Crippen molar-refractivity contribution in [2.75, 3.05) is 11.9 Å². The molecule has 0 fully saturated rings. The van der Waals surface area contributed by atoms with Gasteiger partial charge in [-0.05, 0) is 30.7 Å². The van der Waals surface area contributed by atoms with Crippen molar-refractivity contribution in [3.63, 3.8) is 0 Å². The number of rotatable bonds is 5. The van der Waals surface area contributed by atoms with E-state index in [1.54, 1.807) is 19.2 Å². The second-order valence-electron chi connectivity index (χ2n) is 4.35. The van der Waals surface area contributed by atoms with Gasteiger partial charge in [0.15, 0.2) is 6.04 Å². The van der Waals surface area contributed by atoms with E-state index in [0.717, 1.165) is 5.56 Å². The van der Waals surface area contributed by atoms with Crippen LogP contribution in [0, 0.1) is 24.1 Å². The summed E-state index contributed by atoms with van der Waals surface area (Å²) < 4.78 is 14.7. The van der Waals surface area contributed by atoms with Gasteiger partial charge in [-0.3, -0.25) is 0 Å². The maximum atomic E-state index is 13.3. The summed E-state index contributed by atoms with van der Waals surface area (Å²) in [6, 6.07) is 5.78. The maximum absolute atomic E-state index is 13.3. The molecule has 0 saturated carbocycles. The lowest BCUT2D eigenvalue weighted by Gasteiger charge is -2.11. The third-order valence-electron chi connectivity index (χ3n) is 2.66. The van der Waals surface area contributed by atoms with Crippen molar-refractivity contribution in [1.29, 1.82) is 5.26 Å². The number of halogens is 1. The van der Waals surface area contributed by atoms with Crippen molar-refractivity contribution < 1.29 is 9.50 Å². The zero-order valence-corrected chi connectivity index (χ0v) is 10.9. The topological polar surface area (TPSA) is 86.8 Å². The molecule has 0 aliphatic rings. The van der Waals surface area contributed by atoms with Gasteiger partial charge in [-0.15, -0.1) is 5.10 Å². The average Bonchev–Trinajstić information content (AvgIpc) is 2.84. The second-order valence-corrected chi connectivity index (χ2v) is 4.35. The van der Waals surface area contributed by atoms with Crippen molar-refractivity contribution in [3.05, 3.63) is 41.5 Å². The van der Waals surface area contributed by atoms with E-state index in [2.05, 4.69) is 15.6 Å². The molecule has 104 valence electrons. The largest absolute Gasteiger partial charge is 0.394 e. The minimum Gasteiger partial charge on any atom is -0.394 e. The molecule has 0 aliphatic heterocycles. The fraction of sp³-hybridized carbons (Fsp3) is 0.308. The number of hydrogen-bond acceptors (Lipinski definition) is 5. The number of aliphatic hydroxyl groups is 1. The first kappa shape index (κ1) is 14.0. The van der Waals surface area contributed by atoms with Gasteiger partial charge in [-0.1, -0.05) is 5.21 Å². The molecule has 2 rings (SSSR count). The molecular weight excluding hydrogens is 261 g/mol. The lowest BCUT2D eigenvalue weighted by atomic mass is 10.2. The van der Waals surface area contributed by atoms with Crippen molar-refractivity contribution in [2.24, 2.45) is 0 Å². The first-order valence-electron chi connectivity index (χ1n) is 6.06. The van der Waals surface area contributed by atoms with Crippen LogP contribution < -0.4 is 5.32 Å². The van der Waals surface area contributed by atoms with Crippen LogP contribution in [0.25, 0.3) is 0 Å². The van der Waals surface area contributed by atoms with Gasteiger partial charge < -0.3 is 10.4 Å². The number of benzene rings is 1. The van der Waals surface area contributed by atoms with Crippen LogP contribution in [0.3, 0.4) is 0 Å². The highest BCUT2D eigenvalue weighted by molar-refractivity contribution is 5.48. The zero-order chi connectivity index (χ0) is 14.5. The van der Waals surface area contributed by atoms with E-state index in [0.29, 0.717) is 17.9 Å². The monoisotopic (exact) mass is 275 g/mol. The van der Waals surface area contributed by atoms with Crippen LogP contribution in [0.1, 0.15) is 17.3 Å². The SMILES string of the molecule is Cc1cc(F)cc(NC(C#N)c2cn(CCO)nn2)c1. The molecule has 2 aromatic rings. The summed E-state index contributed by atoms with van der Waals surface area (Å²) in [6.45, 7) is 2.02. The first-order valence-corrected chi connectivity index (χ1v) is 6.06. The van der Waals surface area contributed by atoms with Crippen LogP contribution in [0.4, 0.5) is 10.1 Å². The van der Waals surface area contributed by atoms with Gasteiger partial charge in [0, 0.05) is 5.69 Å². The Bertz CT molecular complexity index is 614. The second kappa shape index (κ2) is 6.12. The van der Waals surface area contributed by atoms with Crippen LogP contribution in [0.15, 0.2) is 24.4 Å². The normalized spacial score (nSPS) is 11.9. The van der Waals surface area contributed by atoms with Gasteiger partial charge in [-0.2, -0.15) is 5.26 Å². The fourth-order valence-electron chi connectivity index (χ4n) is 1.82. The van der Waals surface area contributed by atoms with E-state index in [4.69, 9.17) is 5.11 Å². The minimum atomic E-state index is -0.733. The molecule has 1 aromatic heterocycles. The fourth-order valence-corrected chi connectivity index (χ4v) is 1.82. The van der Waals surface area contributed by atoms with E-state index in [1.165, 1.54) is 16.8 Å². The molecule has 1 aromatic carbocycles. The summed E-state index contributed by atoms with van der Waals surface area (Å²) in [5, 5.41) is 28.6. The summed E-state index contributed by atoms with van der Waals surface area (Å²) in [6.07, 6.45) is 1.57. The predicted octanol–water partition coefficient (Wildman–Crippen LogP) is 1.39. The van der Waals surface area contributed by atoms with Gasteiger partial charge in [0.25, 0.3) is 0 Å². The summed E-state index contributed by atoms with van der Waals surface area (Å²) >= 11 is 0. The Morgan fingerprint density at radius 3 is 2.95 bits per heavy atom. The highest BCUT2D eigenvalue weighted by atomic mass is 19.1. The Labute approximate surface area is 115 Å². The molecule has 2 N–H and O–H groups in total. The van der Waals surface area contributed by atoms with Crippen molar-refractivity contribution in [2.45, 2.75) is 19.5 Å². The highest BCUT2D eigenvalue weighted by Crippen LogP contribution is 2.19. The molecule has 6 nitrogen and oxygen atoms in total. The van der Waals surface area contributed by atoms with Gasteiger partial charge in [0.05, 0.1) is 25.4 Å². The van der Waals surface area contributed by atoms with E-state index in [9.17, 15) is 9.65 Å². The molecule has 0 radical (unpaired) electrons. The zero-order valence-electron chi connectivity index (χ0n) is 10.9. The highest BCUT2D eigenvalue weighted by Gasteiger charge is 2.15. The average molecular weight is 275 g/mol. The molecule has 0 spiro atoms.